The van der Waals surface area contributed by atoms with Crippen LogP contribution in [0.4, 0.5) is 0 Å². The molecule has 2 heterocycles. The summed E-state index contributed by atoms with van der Waals surface area (Å²) in [5.74, 6) is -1.60. The Morgan fingerprint density at radius 3 is 2.52 bits per heavy atom. The molecule has 0 spiro atoms. The summed E-state index contributed by atoms with van der Waals surface area (Å²) in [6.45, 7) is 3.74. The quantitative estimate of drug-likeness (QED) is 0.386. The van der Waals surface area contributed by atoms with E-state index in [1.807, 2.05) is 19.9 Å². The van der Waals surface area contributed by atoms with E-state index in [9.17, 15) is 19.5 Å². The predicted octanol–water partition coefficient (Wildman–Crippen LogP) is 4.55. The number of furan rings is 1. The van der Waals surface area contributed by atoms with Gasteiger partial charge in [0.05, 0.1) is 6.26 Å². The zero-order valence-corrected chi connectivity index (χ0v) is 18.9. The fraction of sp³-hybridized carbons (Fsp3) is 0.240. The number of benzene rings is 2. The molecule has 0 aliphatic heterocycles. The summed E-state index contributed by atoms with van der Waals surface area (Å²) < 4.78 is 11.0. The third-order valence-corrected chi connectivity index (χ3v) is 6.02. The Balaban J connectivity index is 1.50. The van der Waals surface area contributed by atoms with Gasteiger partial charge in [0.2, 0.25) is 5.91 Å². The van der Waals surface area contributed by atoms with Gasteiger partial charge in [-0.05, 0) is 55.2 Å². The molecule has 0 radical (unpaired) electrons. The Morgan fingerprint density at radius 1 is 1.09 bits per heavy atom. The van der Waals surface area contributed by atoms with Crippen LogP contribution in [-0.2, 0) is 22.4 Å². The summed E-state index contributed by atoms with van der Waals surface area (Å²) in [4.78, 5) is 36.7. The lowest BCUT2D eigenvalue weighted by molar-refractivity contribution is -0.141. The molecule has 0 aliphatic rings. The van der Waals surface area contributed by atoms with E-state index in [4.69, 9.17) is 20.4 Å². The van der Waals surface area contributed by atoms with E-state index in [-0.39, 0.29) is 19.3 Å². The van der Waals surface area contributed by atoms with Gasteiger partial charge < -0.3 is 19.3 Å². The molecule has 0 fully saturated rings. The van der Waals surface area contributed by atoms with Crippen LogP contribution in [-0.4, -0.2) is 23.0 Å². The number of carboxylic acids is 1. The topological polar surface area (TPSA) is 110 Å². The largest absolute Gasteiger partial charge is 0.480 e. The van der Waals surface area contributed by atoms with E-state index in [2.05, 4.69) is 5.32 Å². The first kappa shape index (κ1) is 22.6. The molecule has 170 valence electrons. The monoisotopic (exact) mass is 467 g/mol. The molecular formula is C25H22ClNO6. The van der Waals surface area contributed by atoms with Crippen LogP contribution >= 0.6 is 11.6 Å². The number of carboxylic acid groups (broad SMARTS) is 1. The van der Waals surface area contributed by atoms with Crippen molar-refractivity contribution in [1.29, 1.82) is 0 Å². The molecule has 0 unspecified atom stereocenters. The van der Waals surface area contributed by atoms with Crippen molar-refractivity contribution in [3.8, 4) is 0 Å². The Kier molecular flexibility index (Phi) is 6.24. The highest BCUT2D eigenvalue weighted by atomic mass is 35.5. The summed E-state index contributed by atoms with van der Waals surface area (Å²) in [5, 5.41) is 14.3. The maximum atomic E-state index is 12.6. The number of rotatable bonds is 7. The molecule has 2 aromatic carbocycles. The van der Waals surface area contributed by atoms with Crippen molar-refractivity contribution >= 4 is 45.4 Å². The molecule has 0 saturated carbocycles. The number of carbonyl (C=O) groups excluding carboxylic acids is 1. The Labute approximate surface area is 194 Å². The van der Waals surface area contributed by atoms with Crippen LogP contribution < -0.4 is 10.9 Å². The normalized spacial score (nSPS) is 12.2. The first-order valence-electron chi connectivity index (χ1n) is 10.4. The van der Waals surface area contributed by atoms with Gasteiger partial charge in [0.1, 0.15) is 17.2 Å². The summed E-state index contributed by atoms with van der Waals surface area (Å²) in [6.07, 6.45) is 1.85. The standard InChI is InChI=1S/C25H22ClNO6/c1-13-12-32-21-11-22-19(10-18(13)21)14(2)17(25(31)33-22)7-8-23(28)27-20(24(29)30)9-15-3-5-16(26)6-4-15/h3-6,10-12,20H,7-9H2,1-2H3,(H,27,28)(H,29,30)/t20-/m1/s1. The van der Waals surface area contributed by atoms with Gasteiger partial charge in [-0.15, -0.1) is 0 Å². The SMILES string of the molecule is Cc1coc2cc3oc(=O)c(CCC(=O)N[C@H](Cc4ccc(Cl)cc4)C(=O)O)c(C)c3cc12. The van der Waals surface area contributed by atoms with Crippen LogP contribution in [0.1, 0.15) is 28.7 Å². The first-order valence-corrected chi connectivity index (χ1v) is 10.8. The van der Waals surface area contributed by atoms with Crippen LogP contribution in [0, 0.1) is 13.8 Å². The number of aryl methyl sites for hydroxylation is 2. The lowest BCUT2D eigenvalue weighted by atomic mass is 10.0. The number of carbonyl (C=O) groups is 2. The fourth-order valence-electron chi connectivity index (χ4n) is 3.89. The van der Waals surface area contributed by atoms with Crippen molar-refractivity contribution < 1.29 is 23.5 Å². The minimum Gasteiger partial charge on any atom is -0.480 e. The predicted molar refractivity (Wildman–Crippen MR) is 125 cm³/mol. The second-order valence-corrected chi connectivity index (χ2v) is 8.48. The van der Waals surface area contributed by atoms with Crippen molar-refractivity contribution in [2.24, 2.45) is 0 Å². The molecule has 4 aromatic rings. The van der Waals surface area contributed by atoms with Crippen molar-refractivity contribution in [2.75, 3.05) is 0 Å². The third-order valence-electron chi connectivity index (χ3n) is 5.76. The van der Waals surface area contributed by atoms with Crippen molar-refractivity contribution in [1.82, 2.24) is 5.32 Å². The second-order valence-electron chi connectivity index (χ2n) is 8.05. The summed E-state index contributed by atoms with van der Waals surface area (Å²) in [7, 11) is 0. The second kappa shape index (κ2) is 9.11. The van der Waals surface area contributed by atoms with Crippen LogP contribution in [0.15, 0.2) is 56.3 Å². The average Bonchev–Trinajstić information content (AvgIpc) is 3.13. The van der Waals surface area contributed by atoms with Gasteiger partial charge in [-0.3, -0.25) is 4.79 Å². The zero-order valence-electron chi connectivity index (χ0n) is 18.1. The number of hydrogen-bond acceptors (Lipinski definition) is 5. The van der Waals surface area contributed by atoms with Crippen LogP contribution in [0.3, 0.4) is 0 Å². The van der Waals surface area contributed by atoms with Gasteiger partial charge in [-0.1, -0.05) is 23.7 Å². The lowest BCUT2D eigenvalue weighted by Gasteiger charge is -2.15. The average molecular weight is 468 g/mol. The molecular weight excluding hydrogens is 446 g/mol. The highest BCUT2D eigenvalue weighted by Gasteiger charge is 2.21. The molecule has 0 bridgehead atoms. The Bertz CT molecular complexity index is 1420. The molecule has 8 heteroatoms. The zero-order chi connectivity index (χ0) is 23.7. The smallest absolute Gasteiger partial charge is 0.339 e. The minimum atomic E-state index is -1.14. The summed E-state index contributed by atoms with van der Waals surface area (Å²) in [5.41, 5.74) is 3.36. The van der Waals surface area contributed by atoms with Crippen LogP contribution in [0.2, 0.25) is 5.02 Å². The van der Waals surface area contributed by atoms with Crippen molar-refractivity contribution in [2.45, 2.75) is 39.2 Å². The molecule has 4 rings (SSSR count). The van der Waals surface area contributed by atoms with Gasteiger partial charge in [0.15, 0.2) is 0 Å². The van der Waals surface area contributed by atoms with Crippen LogP contribution in [0.25, 0.3) is 21.9 Å². The van der Waals surface area contributed by atoms with Gasteiger partial charge in [-0.2, -0.15) is 0 Å². The highest BCUT2D eigenvalue weighted by molar-refractivity contribution is 6.30. The minimum absolute atomic E-state index is 0.0471. The number of nitrogens with one attached hydrogen (secondary N) is 1. The number of hydrogen-bond donors (Lipinski definition) is 2. The summed E-state index contributed by atoms with van der Waals surface area (Å²) >= 11 is 5.86. The lowest BCUT2D eigenvalue weighted by Crippen LogP contribution is -2.42. The number of fused-ring (bicyclic) bond motifs is 2. The van der Waals surface area contributed by atoms with E-state index in [0.717, 1.165) is 27.5 Å². The maximum absolute atomic E-state index is 12.6. The van der Waals surface area contributed by atoms with Gasteiger partial charge >= 0.3 is 11.6 Å². The van der Waals surface area contributed by atoms with Gasteiger partial charge in [-0.25, -0.2) is 9.59 Å². The molecule has 0 aliphatic carbocycles. The van der Waals surface area contributed by atoms with Crippen LogP contribution in [0.5, 0.6) is 0 Å². The molecule has 0 saturated heterocycles. The first-order chi connectivity index (χ1) is 15.7. The Morgan fingerprint density at radius 2 is 1.82 bits per heavy atom. The molecule has 1 amide bonds. The highest BCUT2D eigenvalue weighted by Crippen LogP contribution is 2.29. The Hall–Kier alpha value is -3.58. The fourth-order valence-corrected chi connectivity index (χ4v) is 4.01. The van der Waals surface area contributed by atoms with E-state index in [1.54, 1.807) is 36.6 Å². The molecule has 2 aromatic heterocycles. The van der Waals surface area contributed by atoms with Gasteiger partial charge in [0.25, 0.3) is 0 Å². The van der Waals surface area contributed by atoms with E-state index >= 15 is 0 Å². The number of halogens is 1. The number of aliphatic carboxylic acids is 1. The van der Waals surface area contributed by atoms with Crippen molar-refractivity contribution in [3.63, 3.8) is 0 Å². The van der Waals surface area contributed by atoms with Gasteiger partial charge in [0, 0.05) is 40.3 Å². The third kappa shape index (κ3) is 4.78. The summed E-state index contributed by atoms with van der Waals surface area (Å²) in [6, 6.07) is 9.27. The molecule has 33 heavy (non-hydrogen) atoms. The molecule has 7 nitrogen and oxygen atoms in total. The number of amides is 1. The van der Waals surface area contributed by atoms with Crippen molar-refractivity contribution in [3.05, 3.63) is 80.4 Å². The van der Waals surface area contributed by atoms with E-state index in [0.29, 0.717) is 21.8 Å². The molecule has 1 atom stereocenters. The van der Waals surface area contributed by atoms with E-state index in [1.165, 1.54) is 0 Å². The maximum Gasteiger partial charge on any atom is 0.339 e. The molecule has 2 N–H and O–H groups in total. The van der Waals surface area contributed by atoms with E-state index < -0.39 is 23.5 Å².